The van der Waals surface area contributed by atoms with Crippen LogP contribution in [0.5, 0.6) is 11.6 Å². The molecule has 3 heterocycles. The Balaban J connectivity index is 1.60. The first-order valence-electron chi connectivity index (χ1n) is 13.7. The zero-order valence-electron chi connectivity index (χ0n) is 25.1. The van der Waals surface area contributed by atoms with Crippen LogP contribution in [0.3, 0.4) is 0 Å². The monoisotopic (exact) mass is 654 g/mol. The highest BCUT2D eigenvalue weighted by molar-refractivity contribution is 5.96. The average Bonchev–Trinajstić information content (AvgIpc) is 3.40. The number of pyridine rings is 1. The highest BCUT2D eigenvalue weighted by atomic mass is 19.1. The van der Waals surface area contributed by atoms with Gasteiger partial charge in [0.1, 0.15) is 29.7 Å². The second kappa shape index (κ2) is 14.7. The molecule has 4 aromatic rings. The molecule has 0 saturated carbocycles. The average molecular weight is 655 g/mol. The lowest BCUT2D eigenvalue weighted by Gasteiger charge is -2.17. The molecule has 0 bridgehead atoms. The number of aromatic nitrogens is 5. The molecule has 1 unspecified atom stereocenters. The van der Waals surface area contributed by atoms with Crippen molar-refractivity contribution in [3.63, 3.8) is 0 Å². The molecule has 3 aromatic heterocycles. The summed E-state index contributed by atoms with van der Waals surface area (Å²) in [7, 11) is 4.26. The fourth-order valence-corrected chi connectivity index (χ4v) is 4.16. The van der Waals surface area contributed by atoms with E-state index in [-0.39, 0.29) is 47.3 Å². The van der Waals surface area contributed by atoms with Gasteiger partial charge in [0.15, 0.2) is 22.7 Å². The second-order valence-corrected chi connectivity index (χ2v) is 9.92. The molecule has 0 radical (unpaired) electrons. The van der Waals surface area contributed by atoms with E-state index >= 15 is 0 Å². The standard InChI is InChI=1S/C29H28F2N8O8/c1-37(2)22(40)9-5-4-7-18(35-28(43)46-3)25(41)34-19-8-6-12-38(27(19)42)14-21-36-23-24(39(21)29(44)45)32-15-33-26(23)47-20-11-10-16(30)13-17(20)31/h5-6,8-13,15,18H,4,7,14H2,1-3H3,(H,34,41)(H,35,43)(H,44,45)/b9-5+. The van der Waals surface area contributed by atoms with Crippen molar-refractivity contribution in [3.8, 4) is 11.6 Å². The van der Waals surface area contributed by atoms with Crippen LogP contribution in [0.1, 0.15) is 18.7 Å². The molecule has 16 nitrogen and oxygen atoms in total. The van der Waals surface area contributed by atoms with Crippen LogP contribution in [-0.2, 0) is 20.9 Å². The summed E-state index contributed by atoms with van der Waals surface area (Å²) >= 11 is 0. The molecule has 18 heteroatoms. The van der Waals surface area contributed by atoms with Crippen molar-refractivity contribution in [3.05, 3.63) is 82.8 Å². The Kier molecular flexibility index (Phi) is 10.6. The number of carbonyl (C=O) groups is 4. The minimum absolute atomic E-state index is 0.0507. The number of rotatable bonds is 11. The molecule has 0 fully saturated rings. The van der Waals surface area contributed by atoms with Crippen LogP contribution in [0.25, 0.3) is 11.2 Å². The maximum absolute atomic E-state index is 14.2. The molecular weight excluding hydrogens is 626 g/mol. The Labute approximate surface area is 264 Å². The number of nitrogens with zero attached hydrogens (tertiary/aromatic N) is 6. The topological polar surface area (TPSA) is 200 Å². The molecule has 0 aliphatic carbocycles. The van der Waals surface area contributed by atoms with E-state index in [4.69, 9.17) is 4.74 Å². The van der Waals surface area contributed by atoms with Gasteiger partial charge in [0.05, 0.1) is 13.7 Å². The Morgan fingerprint density at radius 3 is 2.60 bits per heavy atom. The van der Waals surface area contributed by atoms with Crippen molar-refractivity contribution < 1.29 is 42.5 Å². The van der Waals surface area contributed by atoms with E-state index in [1.165, 1.54) is 35.4 Å². The Hall–Kier alpha value is -6.20. The number of hydrogen-bond donors (Lipinski definition) is 3. The quantitative estimate of drug-likeness (QED) is 0.201. The lowest BCUT2D eigenvalue weighted by atomic mass is 10.1. The molecule has 246 valence electrons. The number of methoxy groups -OCH3 is 1. The summed E-state index contributed by atoms with van der Waals surface area (Å²) in [6, 6.07) is 4.11. The SMILES string of the molecule is COC(=O)NC(CC/C=C/C(=O)N(C)C)C(=O)Nc1cccn(Cc2nc3c(Oc4ccc(F)cc4F)ncnc3n2C(=O)O)c1=O. The minimum Gasteiger partial charge on any atom is -0.464 e. The molecular formula is C29H28F2N8O8. The van der Waals surface area contributed by atoms with Crippen LogP contribution in [-0.4, -0.2) is 85.3 Å². The fourth-order valence-electron chi connectivity index (χ4n) is 4.16. The summed E-state index contributed by atoms with van der Waals surface area (Å²) in [4.78, 5) is 75.8. The van der Waals surface area contributed by atoms with Gasteiger partial charge < -0.3 is 34.7 Å². The van der Waals surface area contributed by atoms with Crippen LogP contribution in [0.4, 0.5) is 24.1 Å². The fraction of sp³-hybridized carbons (Fsp3) is 0.241. The Morgan fingerprint density at radius 1 is 1.15 bits per heavy atom. The van der Waals surface area contributed by atoms with Crippen molar-refractivity contribution in [1.82, 2.24) is 34.3 Å². The van der Waals surface area contributed by atoms with Crippen molar-refractivity contribution in [2.75, 3.05) is 26.5 Å². The van der Waals surface area contributed by atoms with Gasteiger partial charge in [-0.25, -0.2) is 32.9 Å². The molecule has 3 N–H and O–H groups in total. The van der Waals surface area contributed by atoms with Gasteiger partial charge in [-0.1, -0.05) is 6.08 Å². The van der Waals surface area contributed by atoms with Gasteiger partial charge in [-0.2, -0.15) is 4.98 Å². The second-order valence-electron chi connectivity index (χ2n) is 9.92. The summed E-state index contributed by atoms with van der Waals surface area (Å²) in [5, 5.41) is 14.8. The maximum atomic E-state index is 14.2. The van der Waals surface area contributed by atoms with E-state index in [1.54, 1.807) is 14.1 Å². The van der Waals surface area contributed by atoms with Crippen molar-refractivity contribution in [1.29, 1.82) is 0 Å². The Morgan fingerprint density at radius 2 is 1.91 bits per heavy atom. The van der Waals surface area contributed by atoms with Gasteiger partial charge in [0.25, 0.3) is 11.4 Å². The van der Waals surface area contributed by atoms with Gasteiger partial charge in [-0.3, -0.25) is 14.4 Å². The van der Waals surface area contributed by atoms with E-state index in [9.17, 15) is 37.9 Å². The number of halogens is 2. The number of benzene rings is 1. The van der Waals surface area contributed by atoms with Crippen LogP contribution < -0.4 is 20.9 Å². The molecule has 1 aromatic carbocycles. The van der Waals surface area contributed by atoms with E-state index < -0.39 is 53.6 Å². The van der Waals surface area contributed by atoms with E-state index in [1.807, 2.05) is 0 Å². The first-order valence-corrected chi connectivity index (χ1v) is 13.7. The predicted octanol–water partition coefficient (Wildman–Crippen LogP) is 2.72. The van der Waals surface area contributed by atoms with Crippen molar-refractivity contribution in [2.24, 2.45) is 0 Å². The maximum Gasteiger partial charge on any atom is 0.418 e. The Bertz CT molecular complexity index is 1920. The molecule has 1 atom stereocenters. The first-order chi connectivity index (χ1) is 22.4. The minimum atomic E-state index is -1.52. The van der Waals surface area contributed by atoms with Gasteiger partial charge in [-0.05, 0) is 43.2 Å². The number of nitrogens with one attached hydrogen (secondary N) is 2. The number of carboxylic acid groups (broad SMARTS) is 1. The lowest BCUT2D eigenvalue weighted by Crippen LogP contribution is -2.44. The van der Waals surface area contributed by atoms with E-state index in [2.05, 4.69) is 30.3 Å². The number of alkyl carbamates (subject to hydrolysis) is 1. The number of hydrogen-bond acceptors (Lipinski definition) is 10. The number of fused-ring (bicyclic) bond motifs is 1. The zero-order valence-corrected chi connectivity index (χ0v) is 25.1. The molecule has 0 aliphatic rings. The summed E-state index contributed by atoms with van der Waals surface area (Å²) in [6.45, 7) is -0.440. The van der Waals surface area contributed by atoms with Gasteiger partial charge in [0, 0.05) is 26.4 Å². The van der Waals surface area contributed by atoms with Crippen LogP contribution >= 0.6 is 0 Å². The third-order valence-electron chi connectivity index (χ3n) is 6.48. The van der Waals surface area contributed by atoms with Crippen LogP contribution in [0.15, 0.2) is 59.8 Å². The van der Waals surface area contributed by atoms with Crippen molar-refractivity contribution in [2.45, 2.75) is 25.4 Å². The number of anilines is 1. The van der Waals surface area contributed by atoms with E-state index in [0.29, 0.717) is 10.6 Å². The number of imidazole rings is 1. The number of carbonyl (C=O) groups excluding carboxylic acids is 3. The normalized spacial score (nSPS) is 11.7. The third-order valence-corrected chi connectivity index (χ3v) is 6.48. The molecule has 4 rings (SSSR count). The summed E-state index contributed by atoms with van der Waals surface area (Å²) in [5.41, 5.74) is -1.39. The van der Waals surface area contributed by atoms with Crippen LogP contribution in [0, 0.1) is 11.6 Å². The predicted molar refractivity (Wildman–Crippen MR) is 160 cm³/mol. The summed E-state index contributed by atoms with van der Waals surface area (Å²) in [5.74, 6) is -3.88. The highest BCUT2D eigenvalue weighted by Gasteiger charge is 2.24. The highest BCUT2D eigenvalue weighted by Crippen LogP contribution is 2.29. The first kappa shape index (κ1) is 33.7. The summed E-state index contributed by atoms with van der Waals surface area (Å²) < 4.78 is 39.3. The molecule has 47 heavy (non-hydrogen) atoms. The smallest absolute Gasteiger partial charge is 0.418 e. The number of amides is 3. The van der Waals surface area contributed by atoms with Crippen LogP contribution in [0.2, 0.25) is 0 Å². The van der Waals surface area contributed by atoms with Gasteiger partial charge >= 0.3 is 12.2 Å². The zero-order chi connectivity index (χ0) is 34.2. The number of ether oxygens (including phenoxy) is 2. The van der Waals surface area contributed by atoms with Gasteiger partial charge in [-0.15, -0.1) is 0 Å². The summed E-state index contributed by atoms with van der Waals surface area (Å²) in [6.07, 6.45) is 2.97. The van der Waals surface area contributed by atoms with E-state index in [0.717, 1.165) is 30.1 Å². The van der Waals surface area contributed by atoms with Gasteiger partial charge in [0.2, 0.25) is 11.8 Å². The molecule has 3 amide bonds. The van der Waals surface area contributed by atoms with Crippen molar-refractivity contribution >= 4 is 40.9 Å². The number of allylic oxidation sites excluding steroid dienone is 1. The third kappa shape index (κ3) is 8.10. The molecule has 0 saturated heterocycles. The molecule has 0 spiro atoms. The lowest BCUT2D eigenvalue weighted by molar-refractivity contribution is -0.123. The molecule has 0 aliphatic heterocycles. The largest absolute Gasteiger partial charge is 0.464 e. The number of likely N-dealkylation sites (N-methyl/N-ethyl adjacent to an activating group) is 1.